The Labute approximate surface area is 148 Å². The van der Waals surface area contributed by atoms with E-state index in [-0.39, 0.29) is 12.1 Å². The quantitative estimate of drug-likeness (QED) is 0.735. The number of nitrogens with zero attached hydrogens (tertiary/aromatic N) is 1. The molecule has 1 aliphatic heterocycles. The van der Waals surface area contributed by atoms with Crippen molar-refractivity contribution in [2.24, 2.45) is 0 Å². The second-order valence-corrected chi connectivity index (χ2v) is 6.79. The van der Waals surface area contributed by atoms with Gasteiger partial charge in [0.05, 0.1) is 6.04 Å². The first-order valence-electron chi connectivity index (χ1n) is 8.54. The van der Waals surface area contributed by atoms with E-state index in [0.717, 1.165) is 54.1 Å². The first kappa shape index (κ1) is 16.8. The van der Waals surface area contributed by atoms with E-state index in [1.807, 2.05) is 60.4 Å². The topological polar surface area (TPSA) is 32.3 Å². The summed E-state index contributed by atoms with van der Waals surface area (Å²) >= 11 is 6.40. The van der Waals surface area contributed by atoms with Crippen molar-refractivity contribution in [1.29, 1.82) is 0 Å². The number of hydrogen-bond acceptors (Lipinski definition) is 1. The zero-order valence-corrected chi connectivity index (χ0v) is 14.7. The van der Waals surface area contributed by atoms with Gasteiger partial charge in [-0.2, -0.15) is 0 Å². The Morgan fingerprint density at radius 3 is 2.75 bits per heavy atom. The molecule has 24 heavy (non-hydrogen) atoms. The summed E-state index contributed by atoms with van der Waals surface area (Å²) in [5.41, 5.74) is 3.01. The minimum absolute atomic E-state index is 0.0333. The average molecular weight is 343 g/mol. The third-order valence-electron chi connectivity index (χ3n) is 4.55. The van der Waals surface area contributed by atoms with Crippen LogP contribution in [0.1, 0.15) is 42.9 Å². The minimum Gasteiger partial charge on any atom is -0.317 e. The van der Waals surface area contributed by atoms with E-state index in [4.69, 9.17) is 11.6 Å². The normalized spacial score (nSPS) is 18.1. The summed E-state index contributed by atoms with van der Waals surface area (Å²) in [6.45, 7) is 2.78. The number of carbonyl (C=O) groups is 1. The number of carbonyl (C=O) groups excluding carboxylic acids is 1. The number of rotatable bonds is 2. The van der Waals surface area contributed by atoms with Crippen LogP contribution in [0, 0.1) is 6.92 Å². The predicted molar refractivity (Wildman–Crippen MR) is 99.6 cm³/mol. The number of urea groups is 1. The number of hydrogen-bond donors (Lipinski definition) is 1. The van der Waals surface area contributed by atoms with Gasteiger partial charge in [0.15, 0.2) is 0 Å². The van der Waals surface area contributed by atoms with Crippen LogP contribution in [0.15, 0.2) is 48.5 Å². The summed E-state index contributed by atoms with van der Waals surface area (Å²) in [6, 6.07) is 15.7. The second-order valence-electron chi connectivity index (χ2n) is 6.38. The van der Waals surface area contributed by atoms with Crippen LogP contribution in [-0.2, 0) is 0 Å². The van der Waals surface area contributed by atoms with Crippen molar-refractivity contribution in [3.05, 3.63) is 64.7 Å². The maximum atomic E-state index is 12.9. The van der Waals surface area contributed by atoms with E-state index in [1.54, 1.807) is 0 Å². The Bertz CT molecular complexity index is 716. The highest BCUT2D eigenvalue weighted by atomic mass is 35.5. The fraction of sp³-hybridized carbons (Fsp3) is 0.350. The molecule has 0 bridgehead atoms. The molecule has 1 heterocycles. The number of likely N-dealkylation sites (tertiary alicyclic amines) is 1. The van der Waals surface area contributed by atoms with Crippen LogP contribution in [0.5, 0.6) is 0 Å². The molecular formula is C20H23ClN2O. The fourth-order valence-electron chi connectivity index (χ4n) is 3.34. The molecule has 0 aromatic heterocycles. The monoisotopic (exact) mass is 342 g/mol. The molecule has 1 fully saturated rings. The van der Waals surface area contributed by atoms with Gasteiger partial charge in [0, 0.05) is 17.3 Å². The maximum absolute atomic E-state index is 12.9. The van der Waals surface area contributed by atoms with E-state index in [2.05, 4.69) is 5.32 Å². The van der Waals surface area contributed by atoms with Crippen molar-refractivity contribution in [1.82, 2.24) is 4.90 Å². The van der Waals surface area contributed by atoms with Gasteiger partial charge in [-0.1, -0.05) is 54.8 Å². The molecule has 0 saturated carbocycles. The standard InChI is InChI=1S/C20H23ClN2O/c1-15-8-7-9-16(14-15)22-20(24)23-13-6-2-3-12-19(23)17-10-4-5-11-18(17)21/h4-5,7-11,14,19H,2-3,6,12-13H2,1H3,(H,22,24)/t19-/m0/s1. The summed E-state index contributed by atoms with van der Waals surface area (Å²) in [4.78, 5) is 14.8. The Morgan fingerprint density at radius 1 is 1.12 bits per heavy atom. The Morgan fingerprint density at radius 2 is 1.96 bits per heavy atom. The van der Waals surface area contributed by atoms with Crippen LogP contribution >= 0.6 is 11.6 Å². The first-order valence-corrected chi connectivity index (χ1v) is 8.91. The maximum Gasteiger partial charge on any atom is 0.322 e. The zero-order chi connectivity index (χ0) is 16.9. The molecule has 0 spiro atoms. The smallest absolute Gasteiger partial charge is 0.317 e. The van der Waals surface area contributed by atoms with Gasteiger partial charge in [-0.15, -0.1) is 0 Å². The van der Waals surface area contributed by atoms with Gasteiger partial charge < -0.3 is 10.2 Å². The highest BCUT2D eigenvalue weighted by Crippen LogP contribution is 2.34. The van der Waals surface area contributed by atoms with Crippen molar-refractivity contribution < 1.29 is 4.79 Å². The van der Waals surface area contributed by atoms with Crippen LogP contribution in [0.25, 0.3) is 0 Å². The molecule has 4 heteroatoms. The van der Waals surface area contributed by atoms with Crippen molar-refractivity contribution in [3.8, 4) is 0 Å². The summed E-state index contributed by atoms with van der Waals surface area (Å²) in [5.74, 6) is 0. The average Bonchev–Trinajstić information content (AvgIpc) is 2.81. The van der Waals surface area contributed by atoms with Crippen LogP contribution in [0.2, 0.25) is 5.02 Å². The third kappa shape index (κ3) is 3.90. The molecule has 1 saturated heterocycles. The summed E-state index contributed by atoms with van der Waals surface area (Å²) in [6.07, 6.45) is 4.24. The summed E-state index contributed by atoms with van der Waals surface area (Å²) < 4.78 is 0. The molecule has 0 unspecified atom stereocenters. The van der Waals surface area contributed by atoms with Crippen LogP contribution in [0.3, 0.4) is 0 Å². The van der Waals surface area contributed by atoms with E-state index in [0.29, 0.717) is 0 Å². The molecule has 3 rings (SSSR count). The Hall–Kier alpha value is -2.00. The molecule has 2 aromatic rings. The second kappa shape index (κ2) is 7.71. The van der Waals surface area contributed by atoms with E-state index >= 15 is 0 Å². The molecule has 1 atom stereocenters. The molecule has 1 N–H and O–H groups in total. The molecule has 0 aliphatic carbocycles. The van der Waals surface area contributed by atoms with Gasteiger partial charge in [-0.3, -0.25) is 0 Å². The summed E-state index contributed by atoms with van der Waals surface area (Å²) in [7, 11) is 0. The first-order chi connectivity index (χ1) is 11.6. The Kier molecular flexibility index (Phi) is 5.41. The lowest BCUT2D eigenvalue weighted by molar-refractivity contribution is 0.189. The lowest BCUT2D eigenvalue weighted by Crippen LogP contribution is -2.38. The largest absolute Gasteiger partial charge is 0.322 e. The molecule has 3 nitrogen and oxygen atoms in total. The lowest BCUT2D eigenvalue weighted by atomic mass is 10.0. The van der Waals surface area contributed by atoms with Gasteiger partial charge in [0.25, 0.3) is 0 Å². The van der Waals surface area contributed by atoms with Crippen molar-refractivity contribution >= 4 is 23.3 Å². The van der Waals surface area contributed by atoms with E-state index in [9.17, 15) is 4.79 Å². The van der Waals surface area contributed by atoms with Gasteiger partial charge in [0.1, 0.15) is 0 Å². The SMILES string of the molecule is Cc1cccc(NC(=O)N2CCCCC[C@H]2c2ccccc2Cl)c1. The number of amides is 2. The molecule has 126 valence electrons. The van der Waals surface area contributed by atoms with Crippen molar-refractivity contribution in [3.63, 3.8) is 0 Å². The third-order valence-corrected chi connectivity index (χ3v) is 4.89. The summed E-state index contributed by atoms with van der Waals surface area (Å²) in [5, 5.41) is 3.78. The van der Waals surface area contributed by atoms with Crippen molar-refractivity contribution in [2.75, 3.05) is 11.9 Å². The number of anilines is 1. The molecule has 2 amide bonds. The lowest BCUT2D eigenvalue weighted by Gasteiger charge is -2.31. The number of nitrogens with one attached hydrogen (secondary N) is 1. The highest BCUT2D eigenvalue weighted by Gasteiger charge is 2.28. The molecular weight excluding hydrogens is 320 g/mol. The van der Waals surface area contributed by atoms with Gasteiger partial charge in [0.2, 0.25) is 0 Å². The number of benzene rings is 2. The number of halogens is 1. The van der Waals surface area contributed by atoms with Crippen LogP contribution in [0.4, 0.5) is 10.5 Å². The van der Waals surface area contributed by atoms with E-state index < -0.39 is 0 Å². The van der Waals surface area contributed by atoms with E-state index in [1.165, 1.54) is 0 Å². The molecule has 1 aliphatic rings. The molecule has 0 radical (unpaired) electrons. The Balaban J connectivity index is 1.84. The van der Waals surface area contributed by atoms with Gasteiger partial charge in [-0.25, -0.2) is 4.79 Å². The van der Waals surface area contributed by atoms with Gasteiger partial charge in [-0.05, 0) is 49.1 Å². The number of aryl methyl sites for hydroxylation is 1. The predicted octanol–water partition coefficient (Wildman–Crippen LogP) is 5.80. The molecule has 2 aromatic carbocycles. The van der Waals surface area contributed by atoms with Crippen LogP contribution < -0.4 is 5.32 Å². The van der Waals surface area contributed by atoms with Crippen molar-refractivity contribution in [2.45, 2.75) is 38.6 Å². The zero-order valence-electron chi connectivity index (χ0n) is 14.0. The minimum atomic E-state index is -0.0487. The highest BCUT2D eigenvalue weighted by molar-refractivity contribution is 6.31. The van der Waals surface area contributed by atoms with Crippen LogP contribution in [-0.4, -0.2) is 17.5 Å². The van der Waals surface area contributed by atoms with Gasteiger partial charge >= 0.3 is 6.03 Å². The fourth-order valence-corrected chi connectivity index (χ4v) is 3.60.